The number of carbonyl (C=O) groups excluding carboxylic acids is 3. The van der Waals surface area contributed by atoms with E-state index in [1.54, 1.807) is 24.3 Å². The van der Waals surface area contributed by atoms with Gasteiger partial charge in [0.1, 0.15) is 17.4 Å². The van der Waals surface area contributed by atoms with E-state index < -0.39 is 0 Å². The van der Waals surface area contributed by atoms with Crippen LogP contribution in [-0.2, 0) is 53.4 Å². The lowest BCUT2D eigenvalue weighted by molar-refractivity contribution is -0.134. The number of aromatic nitrogens is 4. The maximum absolute atomic E-state index is 13.2. The molecule has 10 rings (SSSR count). The Morgan fingerprint density at radius 3 is 1.44 bits per heavy atom. The predicted molar refractivity (Wildman–Crippen MR) is 246 cm³/mol. The standard InChI is InChI=1S/C25H33FN4O.C22H26FN3O2.C3H7N.ClH/c1-18-23-11-14-29(17-24(23)30(27-18)16-20-3-7-21(26)8-4-20)25(31)15-19-5-9-22(10-6-19)28-12-2-13-28;1-15-20-10-11-25(22(28)12-16-4-8-19(27)9-5-16)14-21(20)26(24-15)13-17-2-6-18(23)7-3-17;1-2-4-3-1;/h3-4,7-8,19,22H,2,5-6,9-17H2,1H3;2-3,6-7,16H,4-5,8-14H2,1H3;4H,1-3H2;1H. The Bertz CT molecular complexity index is 2180. The van der Waals surface area contributed by atoms with E-state index in [9.17, 15) is 23.2 Å². The van der Waals surface area contributed by atoms with Crippen molar-refractivity contribution >= 4 is 30.0 Å². The van der Waals surface area contributed by atoms with Crippen molar-refractivity contribution in [3.05, 3.63) is 105 Å². The first-order chi connectivity index (χ1) is 30.6. The maximum Gasteiger partial charge on any atom is 0.223 e. The third kappa shape index (κ3) is 12.1. The molecular formula is C50H67ClF2N8O3. The molecule has 0 atom stereocenters. The van der Waals surface area contributed by atoms with Crippen molar-refractivity contribution in [2.75, 3.05) is 39.3 Å². The first kappa shape index (κ1) is 47.5. The quantitative estimate of drug-likeness (QED) is 0.183. The van der Waals surface area contributed by atoms with Gasteiger partial charge in [-0.05, 0) is 163 Å². The second kappa shape index (κ2) is 22.2. The van der Waals surface area contributed by atoms with E-state index in [0.717, 1.165) is 78.7 Å². The highest BCUT2D eigenvalue weighted by Crippen LogP contribution is 2.33. The summed E-state index contributed by atoms with van der Waals surface area (Å²) < 4.78 is 30.4. The van der Waals surface area contributed by atoms with Crippen molar-refractivity contribution in [1.29, 1.82) is 0 Å². The molecule has 2 saturated heterocycles. The van der Waals surface area contributed by atoms with E-state index in [2.05, 4.69) is 15.3 Å². The van der Waals surface area contributed by atoms with Gasteiger partial charge in [-0.2, -0.15) is 10.2 Å². The number of aryl methyl sites for hydroxylation is 2. The molecule has 2 aromatic carbocycles. The number of Topliss-reactive ketones (excluding diaryl/α,β-unsaturated/α-hetero) is 1. The molecule has 4 fully saturated rings. The van der Waals surface area contributed by atoms with Gasteiger partial charge in [0.2, 0.25) is 11.8 Å². The average molecular weight is 902 g/mol. The van der Waals surface area contributed by atoms with Gasteiger partial charge in [0.25, 0.3) is 0 Å². The van der Waals surface area contributed by atoms with E-state index in [-0.39, 0.29) is 29.9 Å². The lowest BCUT2D eigenvalue weighted by Gasteiger charge is -2.42. The molecule has 4 aromatic rings. The third-order valence-electron chi connectivity index (χ3n) is 14.4. The van der Waals surface area contributed by atoms with E-state index in [0.29, 0.717) is 75.4 Å². The molecule has 14 heteroatoms. The molecule has 0 unspecified atom stereocenters. The summed E-state index contributed by atoms with van der Waals surface area (Å²) >= 11 is 0. The van der Waals surface area contributed by atoms with Gasteiger partial charge in [-0.25, -0.2) is 8.78 Å². The van der Waals surface area contributed by atoms with Crippen LogP contribution in [0.15, 0.2) is 48.5 Å². The van der Waals surface area contributed by atoms with Crippen molar-refractivity contribution in [2.24, 2.45) is 11.8 Å². The summed E-state index contributed by atoms with van der Waals surface area (Å²) in [5.41, 5.74) is 8.80. The zero-order valence-electron chi connectivity index (χ0n) is 37.8. The largest absolute Gasteiger partial charge is 0.336 e. The Morgan fingerprint density at radius 1 is 0.625 bits per heavy atom. The van der Waals surface area contributed by atoms with Gasteiger partial charge < -0.3 is 20.0 Å². The Labute approximate surface area is 383 Å². The highest BCUT2D eigenvalue weighted by atomic mass is 35.5. The summed E-state index contributed by atoms with van der Waals surface area (Å²) in [6, 6.07) is 13.8. The van der Waals surface area contributed by atoms with Crippen LogP contribution in [0.4, 0.5) is 8.78 Å². The molecule has 4 aliphatic heterocycles. The number of carbonyl (C=O) groups is 3. The van der Waals surface area contributed by atoms with Gasteiger partial charge in [0.15, 0.2) is 0 Å². The smallest absolute Gasteiger partial charge is 0.223 e. The van der Waals surface area contributed by atoms with Crippen LogP contribution in [0, 0.1) is 37.3 Å². The summed E-state index contributed by atoms with van der Waals surface area (Å²) in [6.07, 6.45) is 13.5. The van der Waals surface area contributed by atoms with Crippen molar-refractivity contribution in [3.8, 4) is 0 Å². The van der Waals surface area contributed by atoms with Crippen LogP contribution in [0.3, 0.4) is 0 Å². The monoisotopic (exact) mass is 900 g/mol. The fourth-order valence-electron chi connectivity index (χ4n) is 10.1. The molecular weight excluding hydrogens is 834 g/mol. The van der Waals surface area contributed by atoms with Gasteiger partial charge in [0, 0.05) is 44.8 Å². The number of likely N-dealkylation sites (tertiary alicyclic amines) is 1. The number of nitrogens with zero attached hydrogens (tertiary/aromatic N) is 7. The second-order valence-electron chi connectivity index (χ2n) is 18.8. The molecule has 0 spiro atoms. The average Bonchev–Trinajstić information content (AvgIpc) is 3.73. The normalized spacial score (nSPS) is 20.8. The van der Waals surface area contributed by atoms with Crippen molar-refractivity contribution in [3.63, 3.8) is 0 Å². The topological polar surface area (TPSA) is 109 Å². The van der Waals surface area contributed by atoms with Crippen molar-refractivity contribution in [2.45, 2.75) is 136 Å². The lowest BCUT2D eigenvalue weighted by atomic mass is 9.82. The number of halogens is 3. The summed E-state index contributed by atoms with van der Waals surface area (Å²) in [5.74, 6) is 1.20. The molecule has 1 N–H and O–H groups in total. The minimum atomic E-state index is -0.247. The minimum Gasteiger partial charge on any atom is -0.336 e. The zero-order chi connectivity index (χ0) is 43.9. The van der Waals surface area contributed by atoms with Gasteiger partial charge >= 0.3 is 0 Å². The molecule has 2 amide bonds. The second-order valence-corrected chi connectivity index (χ2v) is 18.8. The van der Waals surface area contributed by atoms with E-state index in [4.69, 9.17) is 5.10 Å². The van der Waals surface area contributed by atoms with Gasteiger partial charge in [-0.1, -0.05) is 24.3 Å². The van der Waals surface area contributed by atoms with E-state index in [1.165, 1.54) is 100 Å². The maximum atomic E-state index is 13.2. The molecule has 6 aliphatic rings. The Morgan fingerprint density at radius 2 is 1.05 bits per heavy atom. The minimum absolute atomic E-state index is 0. The lowest BCUT2D eigenvalue weighted by Crippen LogP contribution is -2.46. The number of benzene rings is 2. The van der Waals surface area contributed by atoms with Crippen LogP contribution in [0.5, 0.6) is 0 Å². The molecule has 6 heterocycles. The number of ketones is 1. The first-order valence-corrected chi connectivity index (χ1v) is 23.7. The predicted octanol–water partition coefficient (Wildman–Crippen LogP) is 7.73. The Hall–Kier alpha value is -4.46. The van der Waals surface area contributed by atoms with Gasteiger partial charge in [-0.15, -0.1) is 12.4 Å². The van der Waals surface area contributed by atoms with Crippen LogP contribution >= 0.6 is 12.4 Å². The van der Waals surface area contributed by atoms with Gasteiger partial charge in [-0.3, -0.25) is 23.7 Å². The summed E-state index contributed by atoms with van der Waals surface area (Å²) in [5, 5.41) is 12.5. The number of rotatable bonds is 9. The number of nitrogens with one attached hydrogen (secondary N) is 1. The molecule has 0 radical (unpaired) electrons. The molecule has 2 aromatic heterocycles. The fraction of sp³-hybridized carbons (Fsp3) is 0.580. The van der Waals surface area contributed by atoms with Crippen molar-refractivity contribution < 1.29 is 23.2 Å². The number of hydrogen-bond acceptors (Lipinski definition) is 7. The molecule has 64 heavy (non-hydrogen) atoms. The van der Waals surface area contributed by atoms with E-state index in [1.807, 2.05) is 33.0 Å². The van der Waals surface area contributed by atoms with Gasteiger partial charge in [0.05, 0.1) is 49.0 Å². The zero-order valence-corrected chi connectivity index (χ0v) is 38.7. The SMILES string of the molecule is C1CNC1.Cc1nn(Cc2ccc(F)cc2)c2c1CCN(C(=O)CC1CCC(=O)CC1)C2.Cc1nn(Cc2ccc(F)cc2)c2c1CCN(C(=O)CC1CCC(N3CCC3)CC1)C2.Cl. The molecule has 11 nitrogen and oxygen atoms in total. The third-order valence-corrected chi connectivity index (χ3v) is 14.4. The molecule has 2 aliphatic carbocycles. The number of fused-ring (bicyclic) bond motifs is 2. The van der Waals surface area contributed by atoms with Crippen LogP contribution in [-0.4, -0.2) is 97.2 Å². The van der Waals surface area contributed by atoms with Crippen LogP contribution in [0.1, 0.15) is 122 Å². The highest BCUT2D eigenvalue weighted by molar-refractivity contribution is 5.85. The fourth-order valence-corrected chi connectivity index (χ4v) is 10.1. The number of hydrogen-bond donors (Lipinski definition) is 1. The Balaban J connectivity index is 0.000000174. The van der Waals surface area contributed by atoms with Crippen LogP contribution in [0.25, 0.3) is 0 Å². The Kier molecular flexibility index (Phi) is 16.4. The summed E-state index contributed by atoms with van der Waals surface area (Å²) in [7, 11) is 0. The summed E-state index contributed by atoms with van der Waals surface area (Å²) in [6.45, 7) is 13.0. The van der Waals surface area contributed by atoms with E-state index >= 15 is 0 Å². The van der Waals surface area contributed by atoms with Crippen molar-refractivity contribution in [1.82, 2.24) is 39.6 Å². The van der Waals surface area contributed by atoms with Crippen LogP contribution < -0.4 is 5.32 Å². The molecule has 2 saturated carbocycles. The molecule has 0 bridgehead atoms. The highest BCUT2D eigenvalue weighted by Gasteiger charge is 2.33. The summed E-state index contributed by atoms with van der Waals surface area (Å²) in [4.78, 5) is 44.0. The first-order valence-electron chi connectivity index (χ1n) is 23.7. The number of amides is 2. The van der Waals surface area contributed by atoms with Crippen LogP contribution in [0.2, 0.25) is 0 Å². The molecule has 346 valence electrons.